The topological polar surface area (TPSA) is 190 Å². The number of aliphatic hydroxyl groups is 1. The summed E-state index contributed by atoms with van der Waals surface area (Å²) in [4.78, 5) is 30.5. The Labute approximate surface area is 287 Å². The molecule has 0 saturated carbocycles. The second-order valence-electron chi connectivity index (χ2n) is 12.8. The molecule has 270 valence electrons. The summed E-state index contributed by atoms with van der Waals surface area (Å²) in [6.45, 7) is 12.5. The van der Waals surface area contributed by atoms with E-state index in [-0.39, 0.29) is 65.3 Å². The van der Waals surface area contributed by atoms with E-state index in [1.165, 1.54) is 35.8 Å². The van der Waals surface area contributed by atoms with Gasteiger partial charge < -0.3 is 38.7 Å². The number of likely N-dealkylation sites (N-methyl/N-ethyl adjacent to an activating group) is 1. The van der Waals surface area contributed by atoms with Crippen LogP contribution in [0.5, 0.6) is 5.75 Å². The maximum absolute atomic E-state index is 14.4. The fourth-order valence-corrected chi connectivity index (χ4v) is 7.11. The van der Waals surface area contributed by atoms with Gasteiger partial charge in [-0.3, -0.25) is 9.52 Å². The van der Waals surface area contributed by atoms with Crippen LogP contribution in [0, 0.1) is 33.6 Å². The number of aromatic nitrogens is 2. The van der Waals surface area contributed by atoms with E-state index < -0.39 is 28.1 Å². The Morgan fingerprint density at radius 2 is 1.80 bits per heavy atom. The summed E-state index contributed by atoms with van der Waals surface area (Å²) in [6, 6.07) is 3.57. The summed E-state index contributed by atoms with van der Waals surface area (Å²) in [5, 5.41) is 20.7. The Morgan fingerprint density at radius 3 is 2.43 bits per heavy atom. The lowest BCUT2D eigenvalue weighted by atomic mass is 10.0. The third-order valence-electron chi connectivity index (χ3n) is 8.61. The number of anilines is 2. The quantitative estimate of drug-likeness (QED) is 0.296. The summed E-state index contributed by atoms with van der Waals surface area (Å²) in [5.74, 6) is 0.166. The van der Waals surface area contributed by atoms with E-state index in [1.807, 2.05) is 13.8 Å². The number of carbonyl (C=O) groups is 2. The molecule has 1 aromatic carbocycles. The smallest absolute Gasteiger partial charge is 0.321 e. The zero-order chi connectivity index (χ0) is 36.0. The van der Waals surface area contributed by atoms with E-state index in [9.17, 15) is 23.1 Å². The molecule has 15 nitrogen and oxygen atoms in total. The molecular weight excluding hydrogens is 656 g/mol. The molecule has 0 aliphatic carbocycles. The first-order valence-electron chi connectivity index (χ1n) is 16.4. The standard InChI is InChI=1S/C33H48N6O9S/c1-19-16-39(20(2)18-40)32(41)27-15-26(37-49(43,44)31-23(5)36-48-25(31)7)12-13-28(27)46-21(3)11-9-10-14-45-29(19)17-38(8)33(42)34-30-22(4)35-47-24(30)6/h12-13,15,19-21,29,37,40H,9-11,14,16-18H2,1-8H3,(H,34,42)/t19-,20+,21-,29-/m0/s1. The Hall–Kier alpha value is -4.15. The molecule has 0 bridgehead atoms. The van der Waals surface area contributed by atoms with Crippen molar-refractivity contribution in [1.82, 2.24) is 20.1 Å². The maximum Gasteiger partial charge on any atom is 0.321 e. The number of rotatable bonds is 8. The van der Waals surface area contributed by atoms with Crippen LogP contribution in [0.2, 0.25) is 0 Å². The van der Waals surface area contributed by atoms with Gasteiger partial charge in [0.2, 0.25) is 0 Å². The minimum Gasteiger partial charge on any atom is -0.490 e. The van der Waals surface area contributed by atoms with Crippen LogP contribution in [-0.2, 0) is 14.8 Å². The Morgan fingerprint density at radius 1 is 1.10 bits per heavy atom. The number of amides is 3. The molecule has 4 rings (SSSR count). The number of ether oxygens (including phenoxy) is 2. The lowest BCUT2D eigenvalue weighted by molar-refractivity contribution is -0.0115. The van der Waals surface area contributed by atoms with Gasteiger partial charge in [0.05, 0.1) is 30.4 Å². The molecule has 1 aliphatic heterocycles. The monoisotopic (exact) mass is 704 g/mol. The van der Waals surface area contributed by atoms with Crippen LogP contribution in [-0.4, -0.2) is 97.2 Å². The molecule has 0 unspecified atom stereocenters. The molecule has 0 fully saturated rings. The fraction of sp³-hybridized carbons (Fsp3) is 0.576. The predicted molar refractivity (Wildman–Crippen MR) is 181 cm³/mol. The molecule has 0 spiro atoms. The minimum atomic E-state index is -4.10. The zero-order valence-electron chi connectivity index (χ0n) is 29.4. The molecule has 49 heavy (non-hydrogen) atoms. The van der Waals surface area contributed by atoms with Gasteiger partial charge in [-0.05, 0) is 79.0 Å². The number of nitrogens with one attached hydrogen (secondary N) is 2. The number of nitrogens with zero attached hydrogens (tertiary/aromatic N) is 4. The lowest BCUT2D eigenvalue weighted by Crippen LogP contribution is -2.48. The van der Waals surface area contributed by atoms with Crippen molar-refractivity contribution >= 4 is 33.3 Å². The molecule has 4 atom stereocenters. The van der Waals surface area contributed by atoms with Crippen molar-refractivity contribution in [2.24, 2.45) is 5.92 Å². The molecule has 2 aromatic heterocycles. The normalized spacial score (nSPS) is 20.1. The number of benzene rings is 1. The second kappa shape index (κ2) is 16.0. The Kier molecular flexibility index (Phi) is 12.3. The van der Waals surface area contributed by atoms with Crippen LogP contribution in [0.4, 0.5) is 16.2 Å². The lowest BCUT2D eigenvalue weighted by Gasteiger charge is -2.35. The van der Waals surface area contributed by atoms with E-state index in [1.54, 1.807) is 33.9 Å². The van der Waals surface area contributed by atoms with Crippen molar-refractivity contribution in [1.29, 1.82) is 0 Å². The van der Waals surface area contributed by atoms with Crippen LogP contribution in [0.25, 0.3) is 0 Å². The summed E-state index contributed by atoms with van der Waals surface area (Å²) < 4.78 is 52.0. The van der Waals surface area contributed by atoms with E-state index >= 15 is 0 Å². The summed E-state index contributed by atoms with van der Waals surface area (Å²) >= 11 is 0. The van der Waals surface area contributed by atoms with Crippen molar-refractivity contribution in [3.8, 4) is 5.75 Å². The van der Waals surface area contributed by atoms with E-state index in [0.29, 0.717) is 35.9 Å². The number of hydrogen-bond donors (Lipinski definition) is 3. The van der Waals surface area contributed by atoms with Gasteiger partial charge in [-0.25, -0.2) is 13.2 Å². The van der Waals surface area contributed by atoms with Gasteiger partial charge in [-0.15, -0.1) is 0 Å². The van der Waals surface area contributed by atoms with Gasteiger partial charge in [0.15, 0.2) is 16.4 Å². The van der Waals surface area contributed by atoms with Crippen LogP contribution >= 0.6 is 0 Å². The summed E-state index contributed by atoms with van der Waals surface area (Å²) in [7, 11) is -2.44. The van der Waals surface area contributed by atoms with Gasteiger partial charge in [-0.2, -0.15) is 0 Å². The average molecular weight is 705 g/mol. The highest BCUT2D eigenvalue weighted by molar-refractivity contribution is 7.92. The van der Waals surface area contributed by atoms with Crippen molar-refractivity contribution in [3.05, 3.63) is 46.7 Å². The van der Waals surface area contributed by atoms with Crippen LogP contribution in [0.3, 0.4) is 0 Å². The van der Waals surface area contributed by atoms with Gasteiger partial charge in [-0.1, -0.05) is 17.2 Å². The van der Waals surface area contributed by atoms with Gasteiger partial charge in [0, 0.05) is 38.3 Å². The average Bonchev–Trinajstić information content (AvgIpc) is 3.56. The third-order valence-corrected chi connectivity index (χ3v) is 10.2. The Balaban J connectivity index is 1.64. The SMILES string of the molecule is Cc1noc(C)c1NC(=O)N(C)C[C@@H]1OCCCC[C@H](C)Oc2ccc(NS(=O)(=O)c3c(C)noc3C)cc2C(=O)N([C@H](C)CO)C[C@@H]1C. The molecule has 1 aliphatic rings. The van der Waals surface area contributed by atoms with Crippen LogP contribution in [0.15, 0.2) is 32.1 Å². The molecule has 3 aromatic rings. The second-order valence-corrected chi connectivity index (χ2v) is 14.4. The molecule has 3 amide bonds. The zero-order valence-corrected chi connectivity index (χ0v) is 30.2. The molecular formula is C33H48N6O9S. The minimum absolute atomic E-state index is 0.0791. The van der Waals surface area contributed by atoms with Crippen molar-refractivity contribution in [2.45, 2.75) is 90.9 Å². The molecule has 3 heterocycles. The number of fused-ring (bicyclic) bond motifs is 1. The highest BCUT2D eigenvalue weighted by atomic mass is 32.2. The van der Waals surface area contributed by atoms with E-state index in [0.717, 1.165) is 12.8 Å². The van der Waals surface area contributed by atoms with Crippen LogP contribution in [0.1, 0.15) is 73.3 Å². The fourth-order valence-electron chi connectivity index (χ4n) is 5.73. The highest BCUT2D eigenvalue weighted by Crippen LogP contribution is 2.30. The number of sulfonamides is 1. The van der Waals surface area contributed by atoms with Gasteiger partial charge in [0.25, 0.3) is 15.9 Å². The maximum atomic E-state index is 14.4. The Bertz CT molecular complexity index is 1680. The molecule has 3 N–H and O–H groups in total. The molecule has 0 radical (unpaired) electrons. The van der Waals surface area contributed by atoms with E-state index in [4.69, 9.17) is 18.5 Å². The highest BCUT2D eigenvalue weighted by Gasteiger charge is 2.32. The first-order valence-corrected chi connectivity index (χ1v) is 17.9. The first kappa shape index (κ1) is 37.7. The summed E-state index contributed by atoms with van der Waals surface area (Å²) in [6.07, 6.45) is 1.48. The number of aryl methyl sites for hydroxylation is 4. The summed E-state index contributed by atoms with van der Waals surface area (Å²) in [5.41, 5.74) is 1.54. The van der Waals surface area contributed by atoms with Crippen molar-refractivity contribution in [3.63, 3.8) is 0 Å². The third kappa shape index (κ3) is 9.10. The van der Waals surface area contributed by atoms with Crippen molar-refractivity contribution in [2.75, 3.05) is 43.4 Å². The van der Waals surface area contributed by atoms with Crippen LogP contribution < -0.4 is 14.8 Å². The largest absolute Gasteiger partial charge is 0.490 e. The van der Waals surface area contributed by atoms with Crippen molar-refractivity contribution < 1.29 is 41.6 Å². The van der Waals surface area contributed by atoms with Gasteiger partial charge >= 0.3 is 6.03 Å². The number of hydrogen-bond acceptors (Lipinski definition) is 11. The predicted octanol–water partition coefficient (Wildman–Crippen LogP) is 4.66. The number of aliphatic hydroxyl groups excluding tert-OH is 1. The number of carbonyl (C=O) groups excluding carboxylic acids is 2. The molecule has 0 saturated heterocycles. The molecule has 16 heteroatoms. The van der Waals surface area contributed by atoms with Gasteiger partial charge in [0.1, 0.15) is 22.8 Å². The number of urea groups is 1. The van der Waals surface area contributed by atoms with E-state index in [2.05, 4.69) is 20.4 Å². The first-order chi connectivity index (χ1) is 23.1.